The summed E-state index contributed by atoms with van der Waals surface area (Å²) < 4.78 is 7.65. The number of hydrogen-bond donors (Lipinski definition) is 1. The maximum atomic E-state index is 12.1. The van der Waals surface area contributed by atoms with Crippen molar-refractivity contribution in [2.45, 2.75) is 13.1 Å². The van der Waals surface area contributed by atoms with E-state index in [0.717, 1.165) is 11.1 Å². The molecule has 134 valence electrons. The number of aliphatic hydroxyl groups is 1. The van der Waals surface area contributed by atoms with Crippen molar-refractivity contribution >= 4 is 5.97 Å². The molecule has 8 nitrogen and oxygen atoms in total. The molecular weight excluding hydrogens is 336 g/mol. The summed E-state index contributed by atoms with van der Waals surface area (Å²) in [6.07, 6.45) is 3.38. The van der Waals surface area contributed by atoms with E-state index in [-0.39, 0.29) is 18.7 Å². The average Bonchev–Trinajstić information content (AvgIpc) is 3.12. The predicted molar refractivity (Wildman–Crippen MR) is 93.7 cm³/mol. The number of hydrogen-bond acceptors (Lipinski definition) is 6. The minimum Gasteiger partial charge on any atom is -0.465 e. The van der Waals surface area contributed by atoms with Crippen LogP contribution in [0.25, 0.3) is 11.3 Å². The SMILES string of the molecule is COC(=O)c1cccc(Cn2nc(-c3cnn(CCO)c3)ccc2=O)c1. The number of carbonyl (C=O) groups is 1. The summed E-state index contributed by atoms with van der Waals surface area (Å²) in [6.45, 7) is 0.604. The Morgan fingerprint density at radius 3 is 2.88 bits per heavy atom. The molecule has 2 aromatic heterocycles. The highest BCUT2D eigenvalue weighted by molar-refractivity contribution is 5.89. The van der Waals surface area contributed by atoms with Gasteiger partial charge in [-0.05, 0) is 23.8 Å². The zero-order valence-electron chi connectivity index (χ0n) is 14.2. The fraction of sp³-hybridized carbons (Fsp3) is 0.222. The third-order valence-corrected chi connectivity index (χ3v) is 3.81. The van der Waals surface area contributed by atoms with E-state index in [9.17, 15) is 9.59 Å². The van der Waals surface area contributed by atoms with E-state index in [0.29, 0.717) is 17.8 Å². The zero-order valence-corrected chi connectivity index (χ0v) is 14.2. The van der Waals surface area contributed by atoms with Gasteiger partial charge >= 0.3 is 5.97 Å². The molecule has 0 saturated carbocycles. The Bertz CT molecular complexity index is 977. The molecular formula is C18H18N4O4. The van der Waals surface area contributed by atoms with Crippen LogP contribution in [0.4, 0.5) is 0 Å². The molecule has 0 radical (unpaired) electrons. The Labute approximate surface area is 149 Å². The molecule has 1 N–H and O–H groups in total. The summed E-state index contributed by atoms with van der Waals surface area (Å²) in [5.74, 6) is -0.433. The summed E-state index contributed by atoms with van der Waals surface area (Å²) >= 11 is 0. The number of aliphatic hydroxyl groups excluding tert-OH is 1. The number of ether oxygens (including phenoxy) is 1. The van der Waals surface area contributed by atoms with Gasteiger partial charge in [0, 0.05) is 17.8 Å². The second-order valence-electron chi connectivity index (χ2n) is 5.62. The molecule has 0 aliphatic heterocycles. The molecule has 3 aromatic rings. The molecule has 0 aliphatic carbocycles. The fourth-order valence-electron chi connectivity index (χ4n) is 2.52. The number of benzene rings is 1. The lowest BCUT2D eigenvalue weighted by Crippen LogP contribution is -2.23. The van der Waals surface area contributed by atoms with Gasteiger partial charge in [0.15, 0.2) is 0 Å². The molecule has 0 saturated heterocycles. The Morgan fingerprint density at radius 2 is 2.12 bits per heavy atom. The molecule has 0 aliphatic rings. The van der Waals surface area contributed by atoms with Crippen LogP contribution in [0.2, 0.25) is 0 Å². The van der Waals surface area contributed by atoms with E-state index in [1.165, 1.54) is 17.9 Å². The predicted octanol–water partition coefficient (Wildman–Crippen LogP) is 0.934. The Balaban J connectivity index is 1.88. The van der Waals surface area contributed by atoms with Gasteiger partial charge in [-0.2, -0.15) is 10.2 Å². The van der Waals surface area contributed by atoms with Crippen LogP contribution in [0, 0.1) is 0 Å². The summed E-state index contributed by atoms with van der Waals surface area (Å²) in [7, 11) is 1.32. The van der Waals surface area contributed by atoms with E-state index in [1.807, 2.05) is 6.07 Å². The Morgan fingerprint density at radius 1 is 1.27 bits per heavy atom. The number of nitrogens with zero attached hydrogens (tertiary/aromatic N) is 4. The summed E-state index contributed by atoms with van der Waals surface area (Å²) in [4.78, 5) is 23.8. The molecule has 8 heteroatoms. The van der Waals surface area contributed by atoms with Crippen LogP contribution in [0.3, 0.4) is 0 Å². The van der Waals surface area contributed by atoms with Crippen molar-refractivity contribution < 1.29 is 14.6 Å². The van der Waals surface area contributed by atoms with Gasteiger partial charge in [-0.3, -0.25) is 9.48 Å². The topological polar surface area (TPSA) is 99.2 Å². The number of esters is 1. The van der Waals surface area contributed by atoms with Gasteiger partial charge in [0.25, 0.3) is 5.56 Å². The number of carbonyl (C=O) groups excluding carboxylic acids is 1. The first-order valence-electron chi connectivity index (χ1n) is 8.00. The summed E-state index contributed by atoms with van der Waals surface area (Å²) in [5, 5.41) is 17.5. The van der Waals surface area contributed by atoms with Crippen molar-refractivity contribution in [1.82, 2.24) is 19.6 Å². The van der Waals surface area contributed by atoms with E-state index in [2.05, 4.69) is 10.2 Å². The highest BCUT2D eigenvalue weighted by Gasteiger charge is 2.09. The third kappa shape index (κ3) is 3.86. The van der Waals surface area contributed by atoms with Crippen molar-refractivity contribution in [2.75, 3.05) is 13.7 Å². The number of rotatable bonds is 6. The van der Waals surface area contributed by atoms with Crippen LogP contribution in [0.1, 0.15) is 15.9 Å². The lowest BCUT2D eigenvalue weighted by Gasteiger charge is -2.07. The van der Waals surface area contributed by atoms with E-state index < -0.39 is 5.97 Å². The third-order valence-electron chi connectivity index (χ3n) is 3.81. The first-order valence-corrected chi connectivity index (χ1v) is 8.00. The molecule has 0 atom stereocenters. The van der Waals surface area contributed by atoms with Gasteiger partial charge in [0.1, 0.15) is 0 Å². The van der Waals surface area contributed by atoms with Crippen LogP contribution in [0.15, 0.2) is 53.6 Å². The quantitative estimate of drug-likeness (QED) is 0.661. The van der Waals surface area contributed by atoms with Crippen LogP contribution in [0.5, 0.6) is 0 Å². The molecule has 0 fully saturated rings. The van der Waals surface area contributed by atoms with Gasteiger partial charge in [0.05, 0.1) is 44.3 Å². The highest BCUT2D eigenvalue weighted by atomic mass is 16.5. The van der Waals surface area contributed by atoms with Gasteiger partial charge < -0.3 is 9.84 Å². The van der Waals surface area contributed by atoms with Gasteiger partial charge in [-0.15, -0.1) is 0 Å². The number of aromatic nitrogens is 4. The van der Waals surface area contributed by atoms with Crippen LogP contribution in [-0.4, -0.2) is 44.4 Å². The monoisotopic (exact) mass is 354 g/mol. The minimum atomic E-state index is -0.433. The van der Waals surface area contributed by atoms with E-state index >= 15 is 0 Å². The van der Waals surface area contributed by atoms with Crippen LogP contribution >= 0.6 is 0 Å². The summed E-state index contributed by atoms with van der Waals surface area (Å²) in [5.41, 5.74) is 2.27. The molecule has 2 heterocycles. The zero-order chi connectivity index (χ0) is 18.5. The fourth-order valence-corrected chi connectivity index (χ4v) is 2.52. The Kier molecular flexibility index (Phi) is 5.23. The largest absolute Gasteiger partial charge is 0.465 e. The van der Waals surface area contributed by atoms with Gasteiger partial charge in [-0.25, -0.2) is 9.48 Å². The molecule has 0 unspecified atom stereocenters. The molecule has 26 heavy (non-hydrogen) atoms. The van der Waals surface area contributed by atoms with Crippen molar-refractivity contribution in [1.29, 1.82) is 0 Å². The highest BCUT2D eigenvalue weighted by Crippen LogP contribution is 2.14. The van der Waals surface area contributed by atoms with Gasteiger partial charge in [-0.1, -0.05) is 12.1 Å². The van der Waals surface area contributed by atoms with Gasteiger partial charge in [0.2, 0.25) is 0 Å². The van der Waals surface area contributed by atoms with Crippen molar-refractivity contribution in [3.63, 3.8) is 0 Å². The molecule has 0 spiro atoms. The normalized spacial score (nSPS) is 10.7. The lowest BCUT2D eigenvalue weighted by molar-refractivity contribution is 0.0600. The maximum Gasteiger partial charge on any atom is 0.337 e. The standard InChI is InChI=1S/C18H18N4O4/c1-26-18(25)14-4-2-3-13(9-14)11-22-17(24)6-5-16(20-22)15-10-19-21(12-15)7-8-23/h2-6,9-10,12,23H,7-8,11H2,1H3. The van der Waals surface area contributed by atoms with Crippen molar-refractivity contribution in [2.24, 2.45) is 0 Å². The molecule has 3 rings (SSSR count). The van der Waals surface area contributed by atoms with E-state index in [4.69, 9.17) is 9.84 Å². The van der Waals surface area contributed by atoms with Crippen LogP contribution in [-0.2, 0) is 17.8 Å². The average molecular weight is 354 g/mol. The van der Waals surface area contributed by atoms with E-state index in [1.54, 1.807) is 41.3 Å². The minimum absolute atomic E-state index is 0.00934. The Hall–Kier alpha value is -3.26. The van der Waals surface area contributed by atoms with Crippen molar-refractivity contribution in [3.8, 4) is 11.3 Å². The first kappa shape index (κ1) is 17.6. The lowest BCUT2D eigenvalue weighted by atomic mass is 10.1. The number of methoxy groups -OCH3 is 1. The van der Waals surface area contributed by atoms with Crippen molar-refractivity contribution in [3.05, 3.63) is 70.3 Å². The second-order valence-corrected chi connectivity index (χ2v) is 5.62. The maximum absolute atomic E-state index is 12.1. The smallest absolute Gasteiger partial charge is 0.337 e. The second kappa shape index (κ2) is 7.75. The molecule has 0 bridgehead atoms. The molecule has 0 amide bonds. The summed E-state index contributed by atoms with van der Waals surface area (Å²) in [6, 6.07) is 9.94. The first-order chi connectivity index (χ1) is 12.6. The molecule has 1 aromatic carbocycles. The van der Waals surface area contributed by atoms with Crippen LogP contribution < -0.4 is 5.56 Å².